The molecule has 1 aliphatic rings. The van der Waals surface area contributed by atoms with E-state index in [9.17, 15) is 0 Å². The van der Waals surface area contributed by atoms with Crippen LogP contribution in [0.25, 0.3) is 0 Å². The van der Waals surface area contributed by atoms with Gasteiger partial charge in [-0.05, 0) is 31.9 Å². The van der Waals surface area contributed by atoms with Gasteiger partial charge < -0.3 is 19.7 Å². The van der Waals surface area contributed by atoms with Gasteiger partial charge in [-0.15, -0.1) is 24.0 Å². The summed E-state index contributed by atoms with van der Waals surface area (Å²) in [6.45, 7) is 10.7. The van der Waals surface area contributed by atoms with E-state index in [0.717, 1.165) is 31.3 Å². The van der Waals surface area contributed by atoms with Gasteiger partial charge >= 0.3 is 0 Å². The zero-order chi connectivity index (χ0) is 20.8. The molecule has 1 saturated heterocycles. The number of aliphatic imine (C=N–C) groups is 1. The molecule has 1 atom stereocenters. The Hall–Kier alpha value is -1.65. The van der Waals surface area contributed by atoms with Gasteiger partial charge in [0.2, 0.25) is 0 Å². The van der Waals surface area contributed by atoms with Crippen molar-refractivity contribution in [2.45, 2.75) is 40.0 Å². The molecule has 0 spiro atoms. The van der Waals surface area contributed by atoms with Crippen LogP contribution in [-0.2, 0) is 22.6 Å². The van der Waals surface area contributed by atoms with E-state index in [-0.39, 0.29) is 30.1 Å². The van der Waals surface area contributed by atoms with Gasteiger partial charge in [-0.25, -0.2) is 0 Å². The van der Waals surface area contributed by atoms with Crippen molar-refractivity contribution in [3.05, 3.63) is 52.3 Å². The number of ether oxygens (including phenoxy) is 2. The molecule has 8 heteroatoms. The Morgan fingerprint density at radius 1 is 1.30 bits per heavy atom. The first kappa shape index (κ1) is 24.6. The number of guanidine groups is 1. The first-order valence-corrected chi connectivity index (χ1v) is 10.2. The first-order chi connectivity index (χ1) is 14.0. The van der Waals surface area contributed by atoms with Crippen LogP contribution in [0.5, 0.6) is 0 Å². The third-order valence-corrected chi connectivity index (χ3v) is 5.57. The molecular weight excluding hydrogens is 493 g/mol. The molecule has 2 aromatic rings. The van der Waals surface area contributed by atoms with E-state index in [1.54, 1.807) is 7.11 Å². The number of aryl methyl sites for hydroxylation is 2. The van der Waals surface area contributed by atoms with Crippen molar-refractivity contribution in [3.63, 3.8) is 0 Å². The molecule has 30 heavy (non-hydrogen) atoms. The van der Waals surface area contributed by atoms with Crippen molar-refractivity contribution in [2.24, 2.45) is 4.99 Å². The van der Waals surface area contributed by atoms with Crippen LogP contribution >= 0.6 is 24.0 Å². The van der Waals surface area contributed by atoms with Crippen LogP contribution in [0.4, 0.5) is 0 Å². The van der Waals surface area contributed by atoms with Crippen LogP contribution in [0.3, 0.4) is 0 Å². The van der Waals surface area contributed by atoms with Gasteiger partial charge in [-0.2, -0.15) is 5.10 Å². The molecule has 1 unspecified atom stereocenters. The van der Waals surface area contributed by atoms with Crippen LogP contribution in [-0.4, -0.2) is 61.1 Å². The van der Waals surface area contributed by atoms with Gasteiger partial charge in [0.15, 0.2) is 5.96 Å². The van der Waals surface area contributed by atoms with Crippen LogP contribution in [0, 0.1) is 20.8 Å². The largest absolute Gasteiger partial charge is 0.383 e. The maximum atomic E-state index is 6.06. The fourth-order valence-electron chi connectivity index (χ4n) is 3.86. The average Bonchev–Trinajstić information content (AvgIpc) is 3.00. The summed E-state index contributed by atoms with van der Waals surface area (Å²) in [6, 6.07) is 8.43. The standard InChI is InChI=1S/C22H33N5O2.HI/c1-16-8-6-7-9-19(16)21-15-26(10-13-29-21)22(23-4)24-14-20-17(2)25-27(18(20)3)11-12-28-5;/h6-9,21H,10-15H2,1-5H3,(H,23,24);1H. The van der Waals surface area contributed by atoms with Gasteiger partial charge in [-0.3, -0.25) is 9.67 Å². The summed E-state index contributed by atoms with van der Waals surface area (Å²) in [6.07, 6.45) is 0.0590. The molecule has 7 nitrogen and oxygen atoms in total. The second-order valence-corrected chi connectivity index (χ2v) is 7.43. The quantitative estimate of drug-likeness (QED) is 0.355. The zero-order valence-corrected chi connectivity index (χ0v) is 21.0. The molecule has 2 heterocycles. The fraction of sp³-hybridized carbons (Fsp3) is 0.545. The number of hydrogen-bond acceptors (Lipinski definition) is 4. The second kappa shape index (κ2) is 11.7. The lowest BCUT2D eigenvalue weighted by atomic mass is 10.0. The monoisotopic (exact) mass is 527 g/mol. The lowest BCUT2D eigenvalue weighted by molar-refractivity contribution is -0.00834. The van der Waals surface area contributed by atoms with Crippen LogP contribution in [0.2, 0.25) is 0 Å². The molecule has 3 rings (SSSR count). The molecule has 0 saturated carbocycles. The molecule has 1 N–H and O–H groups in total. The van der Waals surface area contributed by atoms with Crippen molar-refractivity contribution < 1.29 is 9.47 Å². The topological polar surface area (TPSA) is 63.9 Å². The molecule has 1 aromatic carbocycles. The van der Waals surface area contributed by atoms with Crippen molar-refractivity contribution in [1.82, 2.24) is 20.0 Å². The molecule has 1 aliphatic heterocycles. The van der Waals surface area contributed by atoms with Gasteiger partial charge in [0.05, 0.1) is 32.0 Å². The Balaban J connectivity index is 0.00000320. The number of halogens is 1. The first-order valence-electron chi connectivity index (χ1n) is 10.2. The van der Waals surface area contributed by atoms with Gasteiger partial charge in [0.25, 0.3) is 0 Å². The number of nitrogens with zero attached hydrogens (tertiary/aromatic N) is 4. The number of aromatic nitrogens is 2. The molecule has 1 aromatic heterocycles. The average molecular weight is 527 g/mol. The van der Waals surface area contributed by atoms with Gasteiger partial charge in [0.1, 0.15) is 6.10 Å². The maximum Gasteiger partial charge on any atom is 0.194 e. The highest BCUT2D eigenvalue weighted by atomic mass is 127. The molecule has 0 radical (unpaired) electrons. The Kier molecular flexibility index (Phi) is 9.57. The van der Waals surface area contributed by atoms with E-state index in [1.807, 2.05) is 11.7 Å². The lowest BCUT2D eigenvalue weighted by Crippen LogP contribution is -2.48. The molecule has 1 fully saturated rings. The highest BCUT2D eigenvalue weighted by molar-refractivity contribution is 14.0. The van der Waals surface area contributed by atoms with E-state index >= 15 is 0 Å². The van der Waals surface area contributed by atoms with Crippen molar-refractivity contribution in [1.29, 1.82) is 0 Å². The predicted octanol–water partition coefficient (Wildman–Crippen LogP) is 3.22. The molecule has 0 bridgehead atoms. The minimum atomic E-state index is 0. The lowest BCUT2D eigenvalue weighted by Gasteiger charge is -2.35. The number of hydrogen-bond donors (Lipinski definition) is 1. The maximum absolute atomic E-state index is 6.06. The summed E-state index contributed by atoms with van der Waals surface area (Å²) in [4.78, 5) is 6.80. The highest BCUT2D eigenvalue weighted by Crippen LogP contribution is 2.25. The number of benzene rings is 1. The SMILES string of the molecule is CN=C(NCc1c(C)nn(CCOC)c1C)N1CCOC(c2ccccc2C)C1.I. The van der Waals surface area contributed by atoms with Crippen molar-refractivity contribution >= 4 is 29.9 Å². The zero-order valence-electron chi connectivity index (χ0n) is 18.6. The number of nitrogens with one attached hydrogen (secondary N) is 1. The van der Waals surface area contributed by atoms with E-state index in [2.05, 4.69) is 65.3 Å². The molecule has 0 aliphatic carbocycles. The van der Waals surface area contributed by atoms with Crippen LogP contribution in [0.15, 0.2) is 29.3 Å². The van der Waals surface area contributed by atoms with E-state index in [4.69, 9.17) is 9.47 Å². The highest BCUT2D eigenvalue weighted by Gasteiger charge is 2.25. The van der Waals surface area contributed by atoms with Crippen molar-refractivity contribution in [2.75, 3.05) is 40.5 Å². The number of morpholine rings is 1. The van der Waals surface area contributed by atoms with Gasteiger partial charge in [-0.1, -0.05) is 24.3 Å². The summed E-state index contributed by atoms with van der Waals surface area (Å²) >= 11 is 0. The van der Waals surface area contributed by atoms with Crippen LogP contribution in [0.1, 0.15) is 34.2 Å². The van der Waals surface area contributed by atoms with Crippen molar-refractivity contribution in [3.8, 4) is 0 Å². The summed E-state index contributed by atoms with van der Waals surface area (Å²) in [7, 11) is 3.55. The summed E-state index contributed by atoms with van der Waals surface area (Å²) < 4.78 is 13.3. The third-order valence-electron chi connectivity index (χ3n) is 5.57. The molecule has 0 amide bonds. The minimum absolute atomic E-state index is 0. The fourth-order valence-corrected chi connectivity index (χ4v) is 3.86. The Bertz CT molecular complexity index is 852. The normalized spacial score (nSPS) is 17.0. The van der Waals surface area contributed by atoms with Crippen LogP contribution < -0.4 is 5.32 Å². The summed E-state index contributed by atoms with van der Waals surface area (Å²) in [5, 5.41) is 8.18. The van der Waals surface area contributed by atoms with E-state index in [0.29, 0.717) is 19.8 Å². The summed E-state index contributed by atoms with van der Waals surface area (Å²) in [5.41, 5.74) is 5.94. The van der Waals surface area contributed by atoms with E-state index < -0.39 is 0 Å². The number of methoxy groups -OCH3 is 1. The third kappa shape index (κ3) is 5.73. The van der Waals surface area contributed by atoms with Gasteiger partial charge in [0, 0.05) is 38.5 Å². The Labute approximate surface area is 196 Å². The van der Waals surface area contributed by atoms with E-state index in [1.165, 1.54) is 22.4 Å². The minimum Gasteiger partial charge on any atom is -0.383 e. The smallest absolute Gasteiger partial charge is 0.194 e. The predicted molar refractivity (Wildman–Crippen MR) is 131 cm³/mol. The number of rotatable bonds is 6. The summed E-state index contributed by atoms with van der Waals surface area (Å²) in [5.74, 6) is 0.898. The molecule has 166 valence electrons. The Morgan fingerprint density at radius 2 is 2.07 bits per heavy atom. The molecular formula is C22H34IN5O2. The Morgan fingerprint density at radius 3 is 2.77 bits per heavy atom. The second-order valence-electron chi connectivity index (χ2n) is 7.43.